The lowest BCUT2D eigenvalue weighted by Crippen LogP contribution is -2.56. The van der Waals surface area contributed by atoms with E-state index in [1.54, 1.807) is 27.7 Å². The highest BCUT2D eigenvalue weighted by Gasteiger charge is 2.62. The van der Waals surface area contributed by atoms with Crippen molar-refractivity contribution in [3.05, 3.63) is 63.4 Å². The van der Waals surface area contributed by atoms with Gasteiger partial charge >= 0.3 is 12.1 Å². The Morgan fingerprint density at radius 1 is 1.12 bits per heavy atom. The number of ether oxygens (including phenoxy) is 2. The number of rotatable bonds is 5. The summed E-state index contributed by atoms with van der Waals surface area (Å²) in [6.45, 7) is 7.07. The van der Waals surface area contributed by atoms with Crippen LogP contribution in [0.5, 0.6) is 0 Å². The predicted molar refractivity (Wildman–Crippen MR) is 182 cm³/mol. The Balaban J connectivity index is 1.52. The van der Waals surface area contributed by atoms with Crippen molar-refractivity contribution in [1.29, 1.82) is 0 Å². The van der Waals surface area contributed by atoms with Gasteiger partial charge in [-0.25, -0.2) is 14.3 Å². The Morgan fingerprint density at radius 2 is 1.88 bits per heavy atom. The summed E-state index contributed by atoms with van der Waals surface area (Å²) >= 11 is 3.47. The number of fused-ring (bicyclic) bond motifs is 2. The van der Waals surface area contributed by atoms with Crippen molar-refractivity contribution in [2.24, 2.45) is 5.92 Å². The van der Waals surface area contributed by atoms with E-state index in [4.69, 9.17) is 14.6 Å². The van der Waals surface area contributed by atoms with Crippen LogP contribution in [0.4, 0.5) is 4.79 Å². The first-order valence-corrected chi connectivity index (χ1v) is 17.4. The second-order valence-corrected chi connectivity index (χ2v) is 14.5. The standard InChI is InChI=1S/C35H44BrN5O7/c1-5-47-32(45)35-20-23(35)16-12-7-6-8-13-17-26(37-33(46)48-34(2,3)4)31(44)40-21-24(18-27(40)30(43)38-35)41-28(42)19-25(36)29(39-41)22-14-10-9-11-15-22/h9-12,14-16,19,23-24,26-27H,5-8,13,17-18,20-21H2,1-4H3,(H,37,46)(H,38,43)/t23-,24-,26+,27+,35-/m1/s1. The van der Waals surface area contributed by atoms with Gasteiger partial charge in [-0.05, 0) is 69.3 Å². The van der Waals surface area contributed by atoms with E-state index in [1.807, 2.05) is 42.5 Å². The number of nitrogens with one attached hydrogen (secondary N) is 2. The molecule has 0 bridgehead atoms. The highest BCUT2D eigenvalue weighted by atomic mass is 79.9. The molecule has 1 saturated carbocycles. The first-order chi connectivity index (χ1) is 22.8. The van der Waals surface area contributed by atoms with E-state index in [0.29, 0.717) is 29.4 Å². The Labute approximate surface area is 288 Å². The number of esters is 1. The molecule has 0 unspecified atom stereocenters. The second kappa shape index (κ2) is 14.6. The molecule has 258 valence electrons. The Hall–Kier alpha value is -4.00. The van der Waals surface area contributed by atoms with Crippen LogP contribution in [0.15, 0.2) is 57.8 Å². The highest BCUT2D eigenvalue weighted by Crippen LogP contribution is 2.46. The SMILES string of the molecule is CCOC(=O)[C@@]12C[C@H]1C=CCCCCC[C@H](NC(=O)OC(C)(C)C)C(=O)N1C[C@H](n3nc(-c4ccccc4)c(Br)cc3=O)C[C@H]1C(=O)N2. The van der Waals surface area contributed by atoms with E-state index >= 15 is 0 Å². The maximum absolute atomic E-state index is 14.4. The third kappa shape index (κ3) is 7.99. The number of carbonyl (C=O) groups excluding carboxylic acids is 4. The van der Waals surface area contributed by atoms with Crippen LogP contribution in [0.2, 0.25) is 0 Å². The van der Waals surface area contributed by atoms with Crippen molar-refractivity contribution in [3.63, 3.8) is 0 Å². The molecule has 2 aromatic rings. The molecule has 1 aromatic heterocycles. The van der Waals surface area contributed by atoms with Gasteiger partial charge in [-0.1, -0.05) is 55.3 Å². The molecule has 3 heterocycles. The molecule has 48 heavy (non-hydrogen) atoms. The zero-order valence-corrected chi connectivity index (χ0v) is 29.5. The molecule has 2 aliphatic heterocycles. The summed E-state index contributed by atoms with van der Waals surface area (Å²) in [7, 11) is 0. The van der Waals surface area contributed by atoms with Crippen molar-refractivity contribution in [2.45, 2.75) is 102 Å². The Kier molecular flexibility index (Phi) is 10.8. The summed E-state index contributed by atoms with van der Waals surface area (Å²) < 4.78 is 12.7. The van der Waals surface area contributed by atoms with E-state index in [-0.39, 0.29) is 25.5 Å². The van der Waals surface area contributed by atoms with Crippen LogP contribution in [-0.2, 0) is 23.9 Å². The molecule has 2 N–H and O–H groups in total. The average molecular weight is 727 g/mol. The summed E-state index contributed by atoms with van der Waals surface area (Å²) in [6.07, 6.45) is 7.12. The molecule has 1 aromatic carbocycles. The average Bonchev–Trinajstić information content (AvgIpc) is 3.53. The van der Waals surface area contributed by atoms with Gasteiger partial charge in [-0.2, -0.15) is 5.10 Å². The molecule has 13 heteroatoms. The van der Waals surface area contributed by atoms with Gasteiger partial charge in [0.1, 0.15) is 28.9 Å². The first-order valence-electron chi connectivity index (χ1n) is 16.6. The van der Waals surface area contributed by atoms with Crippen molar-refractivity contribution < 1.29 is 28.7 Å². The molecule has 3 aliphatic rings. The van der Waals surface area contributed by atoms with Crippen LogP contribution >= 0.6 is 15.9 Å². The predicted octanol–water partition coefficient (Wildman–Crippen LogP) is 4.67. The third-order valence-corrected chi connectivity index (χ3v) is 9.49. The largest absolute Gasteiger partial charge is 0.464 e. The quantitative estimate of drug-likeness (QED) is 0.334. The lowest BCUT2D eigenvalue weighted by molar-refractivity contribution is -0.150. The van der Waals surface area contributed by atoms with Crippen LogP contribution in [-0.4, -0.2) is 74.9 Å². The van der Waals surface area contributed by atoms with Gasteiger partial charge in [0.05, 0.1) is 17.1 Å². The molecule has 3 amide bonds. The summed E-state index contributed by atoms with van der Waals surface area (Å²) in [4.78, 5) is 69.5. The van der Waals surface area contributed by atoms with Gasteiger partial charge in [0.25, 0.3) is 5.56 Å². The number of halogens is 1. The van der Waals surface area contributed by atoms with Crippen molar-refractivity contribution in [2.75, 3.05) is 13.2 Å². The molecular formula is C35H44BrN5O7. The summed E-state index contributed by atoms with van der Waals surface area (Å²) in [6, 6.07) is 8.10. The summed E-state index contributed by atoms with van der Waals surface area (Å²) in [5.74, 6) is -1.76. The van der Waals surface area contributed by atoms with Crippen molar-refractivity contribution in [3.8, 4) is 11.3 Å². The Morgan fingerprint density at radius 3 is 2.58 bits per heavy atom. The molecule has 0 spiro atoms. The molecule has 1 aliphatic carbocycles. The third-order valence-electron chi connectivity index (χ3n) is 8.89. The maximum Gasteiger partial charge on any atom is 0.408 e. The maximum atomic E-state index is 14.4. The number of benzene rings is 1. The van der Waals surface area contributed by atoms with Crippen molar-refractivity contribution in [1.82, 2.24) is 25.3 Å². The molecule has 5 rings (SSSR count). The van der Waals surface area contributed by atoms with Gasteiger partial charge in [0.15, 0.2) is 0 Å². The normalized spacial score (nSPS) is 26.3. The molecule has 12 nitrogen and oxygen atoms in total. The number of hydrogen-bond donors (Lipinski definition) is 2. The van der Waals surface area contributed by atoms with E-state index < -0.39 is 58.7 Å². The molecule has 0 radical (unpaired) electrons. The van der Waals surface area contributed by atoms with E-state index in [9.17, 15) is 24.0 Å². The second-order valence-electron chi connectivity index (χ2n) is 13.6. The smallest absolute Gasteiger partial charge is 0.408 e. The number of hydrogen-bond acceptors (Lipinski definition) is 8. The topological polar surface area (TPSA) is 149 Å². The van der Waals surface area contributed by atoms with E-state index in [2.05, 4.69) is 26.6 Å². The molecule has 1 saturated heterocycles. The van der Waals surface area contributed by atoms with Crippen molar-refractivity contribution >= 4 is 39.8 Å². The highest BCUT2D eigenvalue weighted by molar-refractivity contribution is 9.10. The number of nitrogens with zero attached hydrogens (tertiary/aromatic N) is 3. The fraction of sp³-hybridized carbons (Fsp3) is 0.543. The summed E-state index contributed by atoms with van der Waals surface area (Å²) in [5, 5.41) is 10.4. The number of carbonyl (C=O) groups is 4. The van der Waals surface area contributed by atoms with Gasteiger partial charge in [-0.15, -0.1) is 0 Å². The molecule has 5 atom stereocenters. The van der Waals surface area contributed by atoms with Gasteiger partial charge < -0.3 is 25.0 Å². The van der Waals surface area contributed by atoms with Gasteiger partial charge in [-0.3, -0.25) is 14.4 Å². The lowest BCUT2D eigenvalue weighted by atomic mass is 10.0. The molecular weight excluding hydrogens is 682 g/mol. The van der Waals surface area contributed by atoms with Crippen LogP contribution in [0.1, 0.15) is 78.7 Å². The number of amides is 3. The van der Waals surface area contributed by atoms with Crippen LogP contribution < -0.4 is 16.2 Å². The minimum atomic E-state index is -1.24. The summed E-state index contributed by atoms with van der Waals surface area (Å²) in [5.41, 5.74) is -1.11. The fourth-order valence-corrected chi connectivity index (χ4v) is 6.96. The number of alkyl carbamates (subject to hydrolysis) is 1. The van der Waals surface area contributed by atoms with Crippen LogP contribution in [0.25, 0.3) is 11.3 Å². The zero-order chi connectivity index (χ0) is 34.6. The minimum Gasteiger partial charge on any atom is -0.464 e. The Bertz CT molecular complexity index is 1620. The first kappa shape index (κ1) is 35.3. The minimum absolute atomic E-state index is 0.0120. The van der Waals surface area contributed by atoms with Gasteiger partial charge in [0.2, 0.25) is 11.8 Å². The van der Waals surface area contributed by atoms with E-state index in [0.717, 1.165) is 24.8 Å². The van der Waals surface area contributed by atoms with Crippen LogP contribution in [0.3, 0.4) is 0 Å². The van der Waals surface area contributed by atoms with Gasteiger partial charge in [0, 0.05) is 30.5 Å². The lowest BCUT2D eigenvalue weighted by Gasteiger charge is -2.30. The zero-order valence-electron chi connectivity index (χ0n) is 27.9. The number of aromatic nitrogens is 2. The van der Waals surface area contributed by atoms with Crippen LogP contribution in [0, 0.1) is 5.92 Å². The fourth-order valence-electron chi connectivity index (χ4n) is 6.45. The van der Waals surface area contributed by atoms with E-state index in [1.165, 1.54) is 15.6 Å². The number of allylic oxidation sites excluding steroid dienone is 1. The monoisotopic (exact) mass is 725 g/mol. The molecule has 2 fully saturated rings.